The molecule has 18 heavy (non-hydrogen) atoms. The van der Waals surface area contributed by atoms with Gasteiger partial charge in [0, 0.05) is 29.8 Å². The minimum absolute atomic E-state index is 0.0801. The van der Waals surface area contributed by atoms with Gasteiger partial charge in [-0.2, -0.15) is 0 Å². The molecular formula is C14H15ClN2O. The molecule has 2 aromatic rings. The molecule has 1 unspecified atom stereocenters. The highest BCUT2D eigenvalue weighted by atomic mass is 35.5. The fourth-order valence-electron chi connectivity index (χ4n) is 2.34. The van der Waals surface area contributed by atoms with Crippen molar-refractivity contribution < 1.29 is 4.74 Å². The average molecular weight is 263 g/mol. The van der Waals surface area contributed by atoms with E-state index in [4.69, 9.17) is 16.3 Å². The summed E-state index contributed by atoms with van der Waals surface area (Å²) < 4.78 is 5.90. The molecule has 0 aliphatic carbocycles. The van der Waals surface area contributed by atoms with Crippen LogP contribution in [0.2, 0.25) is 5.02 Å². The molecule has 0 saturated carbocycles. The van der Waals surface area contributed by atoms with Crippen molar-refractivity contribution in [2.24, 2.45) is 0 Å². The highest BCUT2D eigenvalue weighted by Crippen LogP contribution is 2.28. The van der Waals surface area contributed by atoms with Gasteiger partial charge in [-0.25, -0.2) is 0 Å². The van der Waals surface area contributed by atoms with Gasteiger partial charge in [0.05, 0.1) is 11.6 Å². The van der Waals surface area contributed by atoms with Crippen LogP contribution >= 0.6 is 11.6 Å². The van der Waals surface area contributed by atoms with Crippen LogP contribution in [0.25, 0.3) is 10.9 Å². The van der Waals surface area contributed by atoms with Crippen molar-refractivity contribution in [2.45, 2.75) is 12.5 Å². The van der Waals surface area contributed by atoms with Crippen LogP contribution in [0, 0.1) is 0 Å². The van der Waals surface area contributed by atoms with E-state index < -0.39 is 0 Å². The summed E-state index contributed by atoms with van der Waals surface area (Å²) in [6.45, 7) is 2.65. The number of benzene rings is 1. The number of aromatic nitrogens is 1. The van der Waals surface area contributed by atoms with Gasteiger partial charge in [-0.1, -0.05) is 11.6 Å². The van der Waals surface area contributed by atoms with Crippen LogP contribution in [0.4, 0.5) is 0 Å². The first-order valence-electron chi connectivity index (χ1n) is 6.21. The first-order chi connectivity index (χ1) is 8.84. The number of pyridine rings is 1. The number of rotatable bonds is 1. The Labute approximate surface area is 111 Å². The monoisotopic (exact) mass is 262 g/mol. The minimum Gasteiger partial charge on any atom is -0.372 e. The Morgan fingerprint density at radius 3 is 3.22 bits per heavy atom. The summed E-state index contributed by atoms with van der Waals surface area (Å²) in [6.07, 6.45) is 2.97. The van der Waals surface area contributed by atoms with Gasteiger partial charge in [0.25, 0.3) is 0 Å². The highest BCUT2D eigenvalue weighted by Gasteiger charge is 2.17. The number of ether oxygens (including phenoxy) is 1. The van der Waals surface area contributed by atoms with Gasteiger partial charge in [-0.05, 0) is 42.8 Å². The summed E-state index contributed by atoms with van der Waals surface area (Å²) in [5.74, 6) is 0. The Kier molecular flexibility index (Phi) is 3.46. The Bertz CT molecular complexity index is 550. The van der Waals surface area contributed by atoms with Gasteiger partial charge in [-0.15, -0.1) is 0 Å². The van der Waals surface area contributed by atoms with Crippen molar-refractivity contribution in [2.75, 3.05) is 19.7 Å². The fraction of sp³-hybridized carbons (Fsp3) is 0.357. The van der Waals surface area contributed by atoms with E-state index >= 15 is 0 Å². The maximum absolute atomic E-state index is 6.08. The molecular weight excluding hydrogens is 248 g/mol. The van der Waals surface area contributed by atoms with Crippen LogP contribution in [0.5, 0.6) is 0 Å². The quantitative estimate of drug-likeness (QED) is 0.858. The Morgan fingerprint density at radius 2 is 2.28 bits per heavy atom. The minimum atomic E-state index is 0.0801. The molecule has 1 aromatic carbocycles. The second kappa shape index (κ2) is 5.22. The van der Waals surface area contributed by atoms with Crippen molar-refractivity contribution in [1.29, 1.82) is 0 Å². The van der Waals surface area contributed by atoms with Gasteiger partial charge in [-0.3, -0.25) is 4.98 Å². The summed E-state index contributed by atoms with van der Waals surface area (Å²) in [4.78, 5) is 4.37. The highest BCUT2D eigenvalue weighted by molar-refractivity contribution is 6.31. The number of nitrogens with one attached hydrogen (secondary N) is 1. The Morgan fingerprint density at radius 1 is 1.33 bits per heavy atom. The topological polar surface area (TPSA) is 34.2 Å². The molecule has 1 aliphatic rings. The molecule has 0 bridgehead atoms. The van der Waals surface area contributed by atoms with Crippen LogP contribution in [0.15, 0.2) is 30.5 Å². The number of hydrogen-bond acceptors (Lipinski definition) is 3. The zero-order valence-corrected chi connectivity index (χ0v) is 10.8. The molecule has 1 aliphatic heterocycles. The second-order valence-electron chi connectivity index (χ2n) is 4.48. The largest absolute Gasteiger partial charge is 0.372 e. The standard InChI is InChI=1S/C14H15ClN2O/c15-10-2-3-13-12(8-10)11(4-6-17-13)14-9-16-5-1-7-18-14/h2-4,6,8,14,16H,1,5,7,9H2. The number of hydrogen-bond donors (Lipinski definition) is 1. The normalized spacial score (nSPS) is 20.8. The van der Waals surface area contributed by atoms with Gasteiger partial charge in [0.1, 0.15) is 0 Å². The van der Waals surface area contributed by atoms with Crippen molar-refractivity contribution in [3.05, 3.63) is 41.0 Å². The molecule has 4 heteroatoms. The van der Waals surface area contributed by atoms with Gasteiger partial charge in [0.15, 0.2) is 0 Å². The van der Waals surface area contributed by atoms with Crippen LogP contribution in [0.3, 0.4) is 0 Å². The molecule has 0 radical (unpaired) electrons. The van der Waals surface area contributed by atoms with Crippen LogP contribution in [-0.4, -0.2) is 24.7 Å². The third kappa shape index (κ3) is 2.34. The second-order valence-corrected chi connectivity index (χ2v) is 4.92. The lowest BCUT2D eigenvalue weighted by Gasteiger charge is -2.17. The van der Waals surface area contributed by atoms with E-state index in [1.807, 2.05) is 30.5 Å². The maximum atomic E-state index is 6.08. The van der Waals surface area contributed by atoms with E-state index in [9.17, 15) is 0 Å². The predicted molar refractivity (Wildman–Crippen MR) is 72.9 cm³/mol. The molecule has 0 spiro atoms. The zero-order valence-electron chi connectivity index (χ0n) is 10.0. The predicted octanol–water partition coefficient (Wildman–Crippen LogP) is 2.94. The molecule has 1 aromatic heterocycles. The summed E-state index contributed by atoms with van der Waals surface area (Å²) in [6, 6.07) is 7.81. The van der Waals surface area contributed by atoms with E-state index in [1.165, 1.54) is 0 Å². The number of nitrogens with zero attached hydrogens (tertiary/aromatic N) is 1. The molecule has 94 valence electrons. The zero-order chi connectivity index (χ0) is 12.4. The fourth-order valence-corrected chi connectivity index (χ4v) is 2.51. The first-order valence-corrected chi connectivity index (χ1v) is 6.59. The van der Waals surface area contributed by atoms with E-state index in [1.54, 1.807) is 0 Å². The lowest BCUT2D eigenvalue weighted by Crippen LogP contribution is -2.20. The van der Waals surface area contributed by atoms with Crippen molar-refractivity contribution in [1.82, 2.24) is 10.3 Å². The van der Waals surface area contributed by atoms with E-state index in [-0.39, 0.29) is 6.10 Å². The maximum Gasteiger partial charge on any atom is 0.0956 e. The lowest BCUT2D eigenvalue weighted by atomic mass is 10.0. The van der Waals surface area contributed by atoms with E-state index in [0.29, 0.717) is 0 Å². The van der Waals surface area contributed by atoms with Gasteiger partial charge < -0.3 is 10.1 Å². The Hall–Kier alpha value is -1.16. The van der Waals surface area contributed by atoms with Crippen molar-refractivity contribution >= 4 is 22.5 Å². The summed E-state index contributed by atoms with van der Waals surface area (Å²) in [5, 5.41) is 5.21. The molecule has 3 nitrogen and oxygen atoms in total. The number of fused-ring (bicyclic) bond motifs is 1. The third-order valence-electron chi connectivity index (χ3n) is 3.23. The molecule has 2 heterocycles. The summed E-state index contributed by atoms with van der Waals surface area (Å²) in [7, 11) is 0. The summed E-state index contributed by atoms with van der Waals surface area (Å²) in [5.41, 5.74) is 2.13. The molecule has 0 amide bonds. The van der Waals surface area contributed by atoms with Crippen molar-refractivity contribution in [3.63, 3.8) is 0 Å². The Balaban J connectivity index is 2.06. The van der Waals surface area contributed by atoms with E-state index in [0.717, 1.165) is 47.6 Å². The van der Waals surface area contributed by atoms with Gasteiger partial charge >= 0.3 is 0 Å². The van der Waals surface area contributed by atoms with Crippen LogP contribution in [0.1, 0.15) is 18.1 Å². The van der Waals surface area contributed by atoms with Crippen LogP contribution < -0.4 is 5.32 Å². The first kappa shape index (κ1) is 11.9. The number of halogens is 1. The smallest absolute Gasteiger partial charge is 0.0956 e. The molecule has 3 rings (SSSR count). The van der Waals surface area contributed by atoms with E-state index in [2.05, 4.69) is 10.3 Å². The average Bonchev–Trinajstić information content (AvgIpc) is 2.67. The molecule has 1 fully saturated rings. The lowest BCUT2D eigenvalue weighted by molar-refractivity contribution is 0.0678. The third-order valence-corrected chi connectivity index (χ3v) is 3.47. The molecule has 1 atom stereocenters. The van der Waals surface area contributed by atoms with Crippen LogP contribution in [-0.2, 0) is 4.74 Å². The molecule has 1 saturated heterocycles. The van der Waals surface area contributed by atoms with Gasteiger partial charge in [0.2, 0.25) is 0 Å². The summed E-state index contributed by atoms with van der Waals surface area (Å²) >= 11 is 6.08. The SMILES string of the molecule is Clc1ccc2nccc(C3CNCCCO3)c2c1. The van der Waals surface area contributed by atoms with Crippen molar-refractivity contribution in [3.8, 4) is 0 Å². The molecule has 1 N–H and O–H groups in total.